The third-order valence-corrected chi connectivity index (χ3v) is 10.2. The van der Waals surface area contributed by atoms with Crippen molar-refractivity contribution in [3.63, 3.8) is 0 Å². The van der Waals surface area contributed by atoms with Crippen LogP contribution in [0, 0.1) is 12.7 Å². The Morgan fingerprint density at radius 1 is 1.02 bits per heavy atom. The molecule has 0 amide bonds. The number of rotatable bonds is 7. The highest BCUT2D eigenvalue weighted by Gasteiger charge is 2.32. The van der Waals surface area contributed by atoms with Crippen molar-refractivity contribution in [3.8, 4) is 28.4 Å². The molecule has 1 unspecified atom stereocenters. The number of ether oxygens (including phenoxy) is 4. The van der Waals surface area contributed by atoms with Crippen LogP contribution in [0.4, 0.5) is 4.39 Å². The molecule has 3 aliphatic rings. The van der Waals surface area contributed by atoms with Gasteiger partial charge in [-0.1, -0.05) is 24.3 Å². The van der Waals surface area contributed by atoms with E-state index in [1.54, 1.807) is 0 Å². The van der Waals surface area contributed by atoms with Crippen molar-refractivity contribution in [2.75, 3.05) is 25.2 Å². The molecule has 2 heterocycles. The quantitative estimate of drug-likeness (QED) is 0.324. The van der Waals surface area contributed by atoms with E-state index in [1.165, 1.54) is 13.2 Å². The van der Waals surface area contributed by atoms with E-state index in [9.17, 15) is 13.2 Å². The van der Waals surface area contributed by atoms with E-state index in [0.717, 1.165) is 33.6 Å². The van der Waals surface area contributed by atoms with Crippen LogP contribution in [-0.2, 0) is 25.8 Å². The van der Waals surface area contributed by atoms with Crippen molar-refractivity contribution >= 4 is 15.8 Å². The second-order valence-electron chi connectivity index (χ2n) is 11.0. The number of halogens is 1. The van der Waals surface area contributed by atoms with E-state index in [2.05, 4.69) is 0 Å². The molecule has 2 atom stereocenters. The molecule has 0 spiro atoms. The van der Waals surface area contributed by atoms with Crippen LogP contribution >= 0.6 is 0 Å². The highest BCUT2D eigenvalue weighted by Crippen LogP contribution is 2.45. The molecule has 1 aliphatic carbocycles. The molecule has 6 rings (SSSR count). The van der Waals surface area contributed by atoms with Gasteiger partial charge in [-0.25, -0.2) is 12.8 Å². The summed E-state index contributed by atoms with van der Waals surface area (Å²) in [4.78, 5) is 11.7. The summed E-state index contributed by atoms with van der Waals surface area (Å²) < 4.78 is 62.1. The van der Waals surface area contributed by atoms with Crippen molar-refractivity contribution in [2.24, 2.45) is 0 Å². The predicted molar refractivity (Wildman–Crippen MR) is 152 cm³/mol. The summed E-state index contributed by atoms with van der Waals surface area (Å²) in [5.41, 5.74) is 5.28. The molecule has 216 valence electrons. The minimum absolute atomic E-state index is 0.0622. The number of hydrogen-bond donors (Lipinski definition) is 0. The average Bonchev–Trinajstić information content (AvgIpc) is 3.56. The SMILES string of the molecule is COC(=O)C[C@@H]1COc2cc(OC3CCc4c(-c5cccc(OC6CCS(=O)(=O)CC6)c5C)ccc(F)c43)ccc21. The maximum absolute atomic E-state index is 15.3. The van der Waals surface area contributed by atoms with Crippen molar-refractivity contribution in [1.29, 1.82) is 0 Å². The van der Waals surface area contributed by atoms with Crippen LogP contribution < -0.4 is 14.2 Å². The summed E-state index contributed by atoms with van der Waals surface area (Å²) in [6.07, 6.45) is 1.93. The molecule has 1 saturated heterocycles. The lowest BCUT2D eigenvalue weighted by Gasteiger charge is -2.25. The zero-order valence-electron chi connectivity index (χ0n) is 23.2. The van der Waals surface area contributed by atoms with E-state index in [4.69, 9.17) is 18.9 Å². The topological polar surface area (TPSA) is 88.1 Å². The second-order valence-corrected chi connectivity index (χ2v) is 13.3. The van der Waals surface area contributed by atoms with Gasteiger partial charge in [0.05, 0.1) is 31.6 Å². The van der Waals surface area contributed by atoms with Gasteiger partial charge in [-0.15, -0.1) is 0 Å². The van der Waals surface area contributed by atoms with Crippen molar-refractivity contribution in [2.45, 2.75) is 57.2 Å². The largest absolute Gasteiger partial charge is 0.492 e. The Balaban J connectivity index is 1.23. The molecule has 3 aromatic carbocycles. The van der Waals surface area contributed by atoms with Crippen molar-refractivity contribution < 1.29 is 36.6 Å². The molecular weight excluding hydrogens is 547 g/mol. The van der Waals surface area contributed by atoms with Gasteiger partial charge in [0.2, 0.25) is 0 Å². The number of carbonyl (C=O) groups is 1. The van der Waals surface area contributed by atoms with Crippen LogP contribution in [0.15, 0.2) is 48.5 Å². The minimum Gasteiger partial charge on any atom is -0.492 e. The molecule has 0 radical (unpaired) electrons. The Hall–Kier alpha value is -3.59. The summed E-state index contributed by atoms with van der Waals surface area (Å²) in [5.74, 6) is 1.64. The van der Waals surface area contributed by atoms with Gasteiger partial charge < -0.3 is 18.9 Å². The first-order valence-electron chi connectivity index (χ1n) is 14.0. The first kappa shape index (κ1) is 27.6. The first-order chi connectivity index (χ1) is 19.7. The molecule has 0 N–H and O–H groups in total. The highest BCUT2D eigenvalue weighted by molar-refractivity contribution is 7.91. The number of carbonyl (C=O) groups excluding carboxylic acids is 1. The molecular formula is C32H33FO7S. The highest BCUT2D eigenvalue weighted by atomic mass is 32.2. The number of fused-ring (bicyclic) bond motifs is 2. The third kappa shape index (κ3) is 5.52. The van der Waals surface area contributed by atoms with Gasteiger partial charge in [-0.2, -0.15) is 0 Å². The molecule has 41 heavy (non-hydrogen) atoms. The average molecular weight is 581 g/mol. The number of benzene rings is 3. The fourth-order valence-electron chi connectivity index (χ4n) is 6.19. The van der Waals surface area contributed by atoms with Crippen LogP contribution in [0.3, 0.4) is 0 Å². The minimum atomic E-state index is -2.97. The molecule has 0 aromatic heterocycles. The fourth-order valence-corrected chi connectivity index (χ4v) is 7.64. The predicted octanol–water partition coefficient (Wildman–Crippen LogP) is 5.86. The Bertz CT molecular complexity index is 1590. The Morgan fingerprint density at radius 3 is 2.61 bits per heavy atom. The molecule has 3 aromatic rings. The van der Waals surface area contributed by atoms with E-state index >= 15 is 4.39 Å². The van der Waals surface area contributed by atoms with E-state index in [0.29, 0.717) is 49.4 Å². The summed E-state index contributed by atoms with van der Waals surface area (Å²) in [6.45, 7) is 2.39. The van der Waals surface area contributed by atoms with Gasteiger partial charge in [0, 0.05) is 23.1 Å². The van der Waals surface area contributed by atoms with Crippen LogP contribution in [0.5, 0.6) is 17.2 Å². The zero-order chi connectivity index (χ0) is 28.7. The Morgan fingerprint density at radius 2 is 1.83 bits per heavy atom. The molecule has 7 nitrogen and oxygen atoms in total. The lowest BCUT2D eigenvalue weighted by molar-refractivity contribution is -0.141. The number of esters is 1. The molecule has 2 aliphatic heterocycles. The van der Waals surface area contributed by atoms with Crippen molar-refractivity contribution in [3.05, 3.63) is 76.6 Å². The standard InChI is InChI=1S/C32H33FO7S/c1-19-23(4-3-5-28(19)39-21-12-14-41(35,36)15-13-21)25-8-10-27(33)32-26(25)9-11-29(32)40-22-6-7-24-20(16-31(34)37-2)18-38-30(24)17-22/h3-8,10,17,20-21,29H,9,11-16,18H2,1-2H3/t20-,29?/m1/s1. The molecule has 1 fully saturated rings. The van der Waals surface area contributed by atoms with Gasteiger partial charge in [-0.05, 0) is 73.1 Å². The summed E-state index contributed by atoms with van der Waals surface area (Å²) >= 11 is 0. The van der Waals surface area contributed by atoms with Crippen LogP contribution in [-0.4, -0.2) is 45.7 Å². The molecule has 0 saturated carbocycles. The first-order valence-corrected chi connectivity index (χ1v) is 15.8. The van der Waals surface area contributed by atoms with E-state index in [1.807, 2.05) is 49.4 Å². The third-order valence-electron chi connectivity index (χ3n) is 8.44. The van der Waals surface area contributed by atoms with Crippen molar-refractivity contribution in [1.82, 2.24) is 0 Å². The fraction of sp³-hybridized carbons (Fsp3) is 0.406. The molecule has 9 heteroatoms. The van der Waals surface area contributed by atoms with Gasteiger partial charge >= 0.3 is 5.97 Å². The maximum Gasteiger partial charge on any atom is 0.306 e. The monoisotopic (exact) mass is 580 g/mol. The van der Waals surface area contributed by atoms with E-state index in [-0.39, 0.29) is 41.7 Å². The smallest absolute Gasteiger partial charge is 0.306 e. The number of methoxy groups -OCH3 is 1. The van der Waals surface area contributed by atoms with Crippen LogP contribution in [0.25, 0.3) is 11.1 Å². The van der Waals surface area contributed by atoms with Gasteiger partial charge in [-0.3, -0.25) is 4.79 Å². The Kier molecular flexibility index (Phi) is 7.40. The lowest BCUT2D eigenvalue weighted by Crippen LogP contribution is -2.30. The number of sulfone groups is 1. The second kappa shape index (κ2) is 11.0. The number of hydrogen-bond acceptors (Lipinski definition) is 7. The normalized spacial score (nSPS) is 21.0. The van der Waals surface area contributed by atoms with E-state index < -0.39 is 15.9 Å². The lowest BCUT2D eigenvalue weighted by atomic mass is 9.93. The Labute approximate surface area is 239 Å². The summed E-state index contributed by atoms with van der Waals surface area (Å²) in [7, 11) is -1.60. The maximum atomic E-state index is 15.3. The molecule has 0 bridgehead atoms. The van der Waals surface area contributed by atoms with Gasteiger partial charge in [0.15, 0.2) is 9.84 Å². The van der Waals surface area contributed by atoms with Gasteiger partial charge in [0.1, 0.15) is 35.3 Å². The van der Waals surface area contributed by atoms with Crippen LogP contribution in [0.1, 0.15) is 60.0 Å². The van der Waals surface area contributed by atoms with Crippen LogP contribution in [0.2, 0.25) is 0 Å². The van der Waals surface area contributed by atoms with Gasteiger partial charge in [0.25, 0.3) is 0 Å². The summed E-state index contributed by atoms with van der Waals surface area (Å²) in [5, 5.41) is 0. The zero-order valence-corrected chi connectivity index (χ0v) is 24.0. The summed E-state index contributed by atoms with van der Waals surface area (Å²) in [6, 6.07) is 14.7.